The second kappa shape index (κ2) is 12.6. The third-order valence-corrected chi connectivity index (χ3v) is 8.00. The minimum atomic E-state index is -0.862. The van der Waals surface area contributed by atoms with Crippen LogP contribution in [0.1, 0.15) is 50.3 Å². The molecule has 2 N–H and O–H groups in total. The molecule has 2 amide bonds. The Balaban J connectivity index is 1.35. The van der Waals surface area contributed by atoms with Gasteiger partial charge >= 0.3 is 5.97 Å². The number of carbonyl (C=O) groups excluding carboxylic acids is 3. The maximum absolute atomic E-state index is 13.2. The highest BCUT2D eigenvalue weighted by Crippen LogP contribution is 2.31. The number of aromatic nitrogens is 4. The fraction of sp³-hybridized carbons (Fsp3) is 0.360. The molecule has 4 rings (SSSR count). The molecule has 10 nitrogen and oxygen atoms in total. The highest BCUT2D eigenvalue weighted by atomic mass is 32.2. The molecule has 1 aliphatic heterocycles. The van der Waals surface area contributed by atoms with Gasteiger partial charge in [0.2, 0.25) is 0 Å². The Labute approximate surface area is 222 Å². The summed E-state index contributed by atoms with van der Waals surface area (Å²) in [5, 5.41) is 5.98. The van der Waals surface area contributed by atoms with E-state index in [9.17, 15) is 14.4 Å². The molecule has 1 unspecified atom stereocenters. The van der Waals surface area contributed by atoms with Gasteiger partial charge in [-0.3, -0.25) is 9.59 Å². The number of thioether (sulfide) groups is 1. The highest BCUT2D eigenvalue weighted by Gasteiger charge is 2.29. The average molecular weight is 541 g/mol. The fourth-order valence-electron chi connectivity index (χ4n) is 4.07. The van der Waals surface area contributed by atoms with Crippen LogP contribution >= 0.6 is 23.1 Å². The number of hydrogen-bond donors (Lipinski definition) is 2. The summed E-state index contributed by atoms with van der Waals surface area (Å²) in [5.41, 5.74) is 1.57. The number of carbonyl (C=O) groups is 3. The number of hydrogen-bond acceptors (Lipinski definition) is 9. The zero-order valence-corrected chi connectivity index (χ0v) is 22.0. The quantitative estimate of drug-likeness (QED) is 0.228. The molecule has 1 fully saturated rings. The summed E-state index contributed by atoms with van der Waals surface area (Å²) in [7, 11) is 1.28. The first-order chi connectivity index (χ1) is 18.0. The number of piperidine rings is 1. The largest absolute Gasteiger partial charge is 0.467 e. The van der Waals surface area contributed by atoms with E-state index in [0.717, 1.165) is 17.8 Å². The van der Waals surface area contributed by atoms with Crippen molar-refractivity contribution in [2.45, 2.75) is 36.2 Å². The number of thiazole rings is 1. The molecule has 0 bridgehead atoms. The molecule has 4 heterocycles. The summed E-state index contributed by atoms with van der Waals surface area (Å²) < 4.78 is 4.84. The van der Waals surface area contributed by atoms with E-state index in [1.807, 2.05) is 11.0 Å². The molecule has 3 aromatic rings. The minimum Gasteiger partial charge on any atom is -0.467 e. The highest BCUT2D eigenvalue weighted by molar-refractivity contribution is 7.99. The Morgan fingerprint density at radius 1 is 1.38 bits per heavy atom. The van der Waals surface area contributed by atoms with Crippen LogP contribution < -0.4 is 5.32 Å². The van der Waals surface area contributed by atoms with Crippen LogP contribution in [0.5, 0.6) is 0 Å². The average Bonchev–Trinajstić information content (AvgIpc) is 3.64. The molecule has 0 aromatic carbocycles. The maximum Gasteiger partial charge on any atom is 0.328 e. The van der Waals surface area contributed by atoms with Crippen molar-refractivity contribution in [2.24, 2.45) is 0 Å². The lowest BCUT2D eigenvalue weighted by Crippen LogP contribution is -2.43. The Hall–Kier alpha value is -3.51. The van der Waals surface area contributed by atoms with Gasteiger partial charge in [0.25, 0.3) is 11.8 Å². The molecule has 1 atom stereocenters. The number of likely N-dealkylation sites (tertiary alicyclic amines) is 1. The van der Waals surface area contributed by atoms with Gasteiger partial charge in [-0.2, -0.15) is 0 Å². The predicted octanol–water partition coefficient (Wildman–Crippen LogP) is 3.07. The summed E-state index contributed by atoms with van der Waals surface area (Å²) >= 11 is 2.91. The van der Waals surface area contributed by atoms with Crippen LogP contribution in [0.4, 0.5) is 0 Å². The van der Waals surface area contributed by atoms with Crippen LogP contribution in [0.25, 0.3) is 0 Å². The van der Waals surface area contributed by atoms with Crippen LogP contribution in [0.3, 0.4) is 0 Å². The van der Waals surface area contributed by atoms with Crippen LogP contribution in [-0.4, -0.2) is 74.6 Å². The van der Waals surface area contributed by atoms with Crippen molar-refractivity contribution >= 4 is 40.9 Å². The second-order valence-corrected chi connectivity index (χ2v) is 10.3. The molecule has 0 radical (unpaired) electrons. The molecule has 37 heavy (non-hydrogen) atoms. The first kappa shape index (κ1) is 26.6. The number of imidazole rings is 1. The van der Waals surface area contributed by atoms with Crippen molar-refractivity contribution in [3.8, 4) is 0 Å². The third kappa shape index (κ3) is 6.63. The number of ether oxygens (including phenoxy) is 1. The number of aromatic amines is 1. The Morgan fingerprint density at radius 2 is 2.19 bits per heavy atom. The van der Waals surface area contributed by atoms with Crippen LogP contribution in [0.15, 0.2) is 53.9 Å². The lowest BCUT2D eigenvalue weighted by atomic mass is 9.97. The van der Waals surface area contributed by atoms with E-state index in [0.29, 0.717) is 35.1 Å². The van der Waals surface area contributed by atoms with Crippen LogP contribution in [0, 0.1) is 0 Å². The third-order valence-electron chi connectivity index (χ3n) is 6.00. The summed E-state index contributed by atoms with van der Waals surface area (Å²) in [4.78, 5) is 55.8. The molecule has 0 spiro atoms. The lowest BCUT2D eigenvalue weighted by Gasteiger charge is -2.31. The first-order valence-corrected chi connectivity index (χ1v) is 13.7. The predicted molar refractivity (Wildman–Crippen MR) is 141 cm³/mol. The van der Waals surface area contributed by atoms with Gasteiger partial charge in [0.15, 0.2) is 0 Å². The van der Waals surface area contributed by atoms with E-state index in [2.05, 4.69) is 31.8 Å². The molecule has 194 valence electrons. The number of esters is 1. The smallest absolute Gasteiger partial charge is 0.328 e. The normalized spacial score (nSPS) is 14.7. The van der Waals surface area contributed by atoms with Gasteiger partial charge in [0, 0.05) is 54.6 Å². The van der Waals surface area contributed by atoms with E-state index in [4.69, 9.17) is 4.74 Å². The van der Waals surface area contributed by atoms with Crippen molar-refractivity contribution in [2.75, 3.05) is 26.0 Å². The number of pyridine rings is 1. The second-order valence-electron chi connectivity index (χ2n) is 8.42. The molecule has 1 saturated heterocycles. The van der Waals surface area contributed by atoms with Crippen molar-refractivity contribution < 1.29 is 19.1 Å². The summed E-state index contributed by atoms with van der Waals surface area (Å²) in [6.45, 7) is 4.93. The molecular weight excluding hydrogens is 512 g/mol. The minimum absolute atomic E-state index is 0.0246. The Bertz CT molecular complexity index is 1240. The van der Waals surface area contributed by atoms with Crippen molar-refractivity contribution in [3.05, 3.63) is 70.8 Å². The molecule has 12 heteroatoms. The number of rotatable bonds is 10. The number of H-pyrrole nitrogens is 1. The van der Waals surface area contributed by atoms with Crippen molar-refractivity contribution in [3.63, 3.8) is 0 Å². The number of methoxy groups -OCH3 is 1. The van der Waals surface area contributed by atoms with Gasteiger partial charge in [-0.15, -0.1) is 29.7 Å². The van der Waals surface area contributed by atoms with E-state index in [-0.39, 0.29) is 23.9 Å². The molecular formula is C25H28N6O4S2. The van der Waals surface area contributed by atoms with Gasteiger partial charge in [0.1, 0.15) is 16.8 Å². The number of nitrogens with one attached hydrogen (secondary N) is 2. The zero-order chi connectivity index (χ0) is 26.2. The van der Waals surface area contributed by atoms with Gasteiger partial charge in [-0.05, 0) is 25.0 Å². The van der Waals surface area contributed by atoms with Gasteiger partial charge in [0.05, 0.1) is 24.0 Å². The van der Waals surface area contributed by atoms with Crippen molar-refractivity contribution in [1.29, 1.82) is 0 Å². The molecule has 0 aliphatic carbocycles. The fourth-order valence-corrected chi connectivity index (χ4v) is 5.76. The van der Waals surface area contributed by atoms with Crippen LogP contribution in [-0.2, 0) is 16.0 Å². The topological polar surface area (TPSA) is 130 Å². The van der Waals surface area contributed by atoms with Crippen LogP contribution in [0.2, 0.25) is 0 Å². The van der Waals surface area contributed by atoms with Gasteiger partial charge < -0.3 is 19.9 Å². The standard InChI is InChI=1S/C25H28N6O4S2/c1-3-11-36-23-18(5-4-8-27-23)24(33)31-9-6-16(7-10-31)22-30-20(14-37-22)21(32)29-19(25(34)35-2)12-17-13-26-15-28-17/h3-5,8,13-16,19H,1,6-7,9-12H2,2H3,(H,26,28)(H,29,32). The van der Waals surface area contributed by atoms with E-state index >= 15 is 0 Å². The number of amides is 2. The molecule has 3 aromatic heterocycles. The summed E-state index contributed by atoms with van der Waals surface area (Å²) in [6, 6.07) is 2.73. The monoisotopic (exact) mass is 540 g/mol. The van der Waals surface area contributed by atoms with E-state index in [1.165, 1.54) is 36.5 Å². The zero-order valence-electron chi connectivity index (χ0n) is 20.4. The summed E-state index contributed by atoms with van der Waals surface area (Å²) in [6.07, 6.45) is 8.31. The SMILES string of the molecule is C=CCSc1ncccc1C(=O)N1CCC(c2nc(C(=O)NC(Cc3cnc[nH]3)C(=O)OC)cs2)CC1. The maximum atomic E-state index is 13.2. The molecule has 1 aliphatic rings. The summed E-state index contributed by atoms with van der Waals surface area (Å²) in [5.74, 6) is -0.173. The Morgan fingerprint density at radius 3 is 2.89 bits per heavy atom. The van der Waals surface area contributed by atoms with E-state index in [1.54, 1.807) is 29.9 Å². The lowest BCUT2D eigenvalue weighted by molar-refractivity contribution is -0.142. The van der Waals surface area contributed by atoms with Gasteiger partial charge in [-0.1, -0.05) is 6.08 Å². The molecule has 0 saturated carbocycles. The first-order valence-electron chi connectivity index (χ1n) is 11.8. The van der Waals surface area contributed by atoms with Gasteiger partial charge in [-0.25, -0.2) is 19.7 Å². The van der Waals surface area contributed by atoms with Crippen molar-refractivity contribution in [1.82, 2.24) is 30.2 Å². The van der Waals surface area contributed by atoms with E-state index < -0.39 is 17.9 Å². The number of nitrogens with zero attached hydrogens (tertiary/aromatic N) is 4. The Kier molecular flexibility index (Phi) is 9.07.